The molecule has 6 heteroatoms. The van der Waals surface area contributed by atoms with Crippen LogP contribution in [0.25, 0.3) is 43.6 Å². The Hall–Kier alpha value is -4.16. The van der Waals surface area contributed by atoms with E-state index in [4.69, 9.17) is 0 Å². The minimum absolute atomic E-state index is 0.215. The lowest BCUT2D eigenvalue weighted by molar-refractivity contribution is 0.102. The largest absolute Gasteiger partial charge is 0.350 e. The zero-order valence-corrected chi connectivity index (χ0v) is 21.0. The third kappa shape index (κ3) is 3.45. The standard InChI is InChI=1S/C30H24N2O3S/c1-18-26(30(33)31-22-12-14-23(15-13-22)36(3,34)35)17-32(2)29(18)25-16-21-8-4-6-19-10-11-20-7-5-9-24(25)28(20)27(19)21/h4-17H,1-3H3,(H,31,33). The Balaban J connectivity index is 1.46. The first-order chi connectivity index (χ1) is 17.2. The van der Waals surface area contributed by atoms with Gasteiger partial charge in [0.15, 0.2) is 9.84 Å². The van der Waals surface area contributed by atoms with Crippen LogP contribution in [0.2, 0.25) is 0 Å². The zero-order valence-electron chi connectivity index (χ0n) is 20.2. The molecule has 6 aromatic rings. The molecule has 1 amide bonds. The van der Waals surface area contributed by atoms with E-state index in [1.165, 1.54) is 39.1 Å². The first-order valence-electron chi connectivity index (χ1n) is 11.7. The zero-order chi connectivity index (χ0) is 25.2. The van der Waals surface area contributed by atoms with Crippen molar-refractivity contribution < 1.29 is 13.2 Å². The molecule has 0 atom stereocenters. The Labute approximate surface area is 209 Å². The summed E-state index contributed by atoms with van der Waals surface area (Å²) in [5.74, 6) is -0.237. The van der Waals surface area contributed by atoms with Gasteiger partial charge in [-0.25, -0.2) is 8.42 Å². The summed E-state index contributed by atoms with van der Waals surface area (Å²) >= 11 is 0. The van der Waals surface area contributed by atoms with Gasteiger partial charge in [-0.05, 0) is 75.1 Å². The highest BCUT2D eigenvalue weighted by Crippen LogP contribution is 2.41. The van der Waals surface area contributed by atoms with Gasteiger partial charge < -0.3 is 9.88 Å². The van der Waals surface area contributed by atoms with E-state index in [1.807, 2.05) is 24.7 Å². The number of carbonyl (C=O) groups excluding carboxylic acids is 1. The quantitative estimate of drug-likeness (QED) is 0.284. The number of benzene rings is 5. The van der Waals surface area contributed by atoms with Crippen LogP contribution in [-0.4, -0.2) is 25.1 Å². The molecule has 1 heterocycles. The topological polar surface area (TPSA) is 68.2 Å². The number of hydrogen-bond acceptors (Lipinski definition) is 3. The van der Waals surface area contributed by atoms with Crippen LogP contribution >= 0.6 is 0 Å². The highest BCUT2D eigenvalue weighted by molar-refractivity contribution is 7.90. The van der Waals surface area contributed by atoms with Crippen molar-refractivity contribution in [2.45, 2.75) is 11.8 Å². The Morgan fingerprint density at radius 1 is 0.833 bits per heavy atom. The second kappa shape index (κ2) is 7.93. The number of sulfone groups is 1. The minimum Gasteiger partial charge on any atom is -0.350 e. The summed E-state index contributed by atoms with van der Waals surface area (Å²) in [4.78, 5) is 13.5. The maximum atomic E-state index is 13.2. The molecule has 1 aromatic heterocycles. The van der Waals surface area contributed by atoms with Gasteiger partial charge in [-0.2, -0.15) is 0 Å². The summed E-state index contributed by atoms with van der Waals surface area (Å²) in [6, 6.07) is 25.5. The van der Waals surface area contributed by atoms with Crippen molar-refractivity contribution in [1.29, 1.82) is 0 Å². The number of amides is 1. The smallest absolute Gasteiger partial charge is 0.257 e. The molecule has 1 N–H and O–H groups in total. The molecule has 0 radical (unpaired) electrons. The van der Waals surface area contributed by atoms with Gasteiger partial charge in [0.1, 0.15) is 0 Å². The van der Waals surface area contributed by atoms with Crippen molar-refractivity contribution in [2.24, 2.45) is 7.05 Å². The molecule has 0 aliphatic rings. The monoisotopic (exact) mass is 492 g/mol. The van der Waals surface area contributed by atoms with E-state index in [0.717, 1.165) is 28.5 Å². The lowest BCUT2D eigenvalue weighted by Gasteiger charge is -2.16. The number of anilines is 1. The van der Waals surface area contributed by atoms with Crippen LogP contribution in [0.1, 0.15) is 15.9 Å². The average molecular weight is 493 g/mol. The molecule has 0 saturated heterocycles. The SMILES string of the molecule is Cc1c(C(=O)Nc2ccc(S(C)(=O)=O)cc2)cn(C)c1-c1cc2cccc3ccc4cccc1c4c32. The van der Waals surface area contributed by atoms with Gasteiger partial charge in [0, 0.05) is 30.8 Å². The van der Waals surface area contributed by atoms with Gasteiger partial charge in [-0.1, -0.05) is 48.5 Å². The molecule has 0 fully saturated rings. The summed E-state index contributed by atoms with van der Waals surface area (Å²) in [7, 11) is -1.34. The van der Waals surface area contributed by atoms with E-state index in [9.17, 15) is 13.2 Å². The Morgan fingerprint density at radius 3 is 2.17 bits per heavy atom. The Morgan fingerprint density at radius 2 is 1.47 bits per heavy atom. The van der Waals surface area contributed by atoms with E-state index < -0.39 is 9.84 Å². The van der Waals surface area contributed by atoms with E-state index in [2.05, 4.69) is 59.9 Å². The van der Waals surface area contributed by atoms with E-state index in [1.54, 1.807) is 12.1 Å². The number of carbonyl (C=O) groups is 1. The number of hydrogen-bond donors (Lipinski definition) is 1. The van der Waals surface area contributed by atoms with Gasteiger partial charge in [0.05, 0.1) is 16.2 Å². The molecule has 0 saturated carbocycles. The lowest BCUT2D eigenvalue weighted by Crippen LogP contribution is -2.12. The second-order valence-corrected chi connectivity index (χ2v) is 11.4. The van der Waals surface area contributed by atoms with Gasteiger partial charge >= 0.3 is 0 Å². The summed E-state index contributed by atoms with van der Waals surface area (Å²) in [6.45, 7) is 1.97. The van der Waals surface area contributed by atoms with Crippen molar-refractivity contribution in [3.05, 3.63) is 96.2 Å². The fraction of sp³-hybridized carbons (Fsp3) is 0.100. The summed E-state index contributed by atoms with van der Waals surface area (Å²) in [5, 5.41) is 10.1. The van der Waals surface area contributed by atoms with Crippen LogP contribution in [0, 0.1) is 6.92 Å². The second-order valence-electron chi connectivity index (χ2n) is 9.35. The number of nitrogens with one attached hydrogen (secondary N) is 1. The van der Waals surface area contributed by atoms with Crippen LogP contribution in [-0.2, 0) is 16.9 Å². The third-order valence-electron chi connectivity index (χ3n) is 6.98. The van der Waals surface area contributed by atoms with Crippen LogP contribution in [0.4, 0.5) is 5.69 Å². The molecule has 178 valence electrons. The maximum Gasteiger partial charge on any atom is 0.257 e. The molecular formula is C30H24N2O3S. The molecule has 0 bridgehead atoms. The maximum absolute atomic E-state index is 13.2. The van der Waals surface area contributed by atoms with Gasteiger partial charge in [-0.3, -0.25) is 4.79 Å². The molecule has 0 aliphatic carbocycles. The average Bonchev–Trinajstić information content (AvgIpc) is 3.16. The van der Waals surface area contributed by atoms with Crippen molar-refractivity contribution in [3.8, 4) is 11.3 Å². The van der Waals surface area contributed by atoms with Crippen molar-refractivity contribution >= 4 is 53.7 Å². The molecule has 0 aliphatic heterocycles. The van der Waals surface area contributed by atoms with Gasteiger partial charge in [0.2, 0.25) is 0 Å². The minimum atomic E-state index is -3.30. The molecular weight excluding hydrogens is 468 g/mol. The van der Waals surface area contributed by atoms with Crippen molar-refractivity contribution in [2.75, 3.05) is 11.6 Å². The van der Waals surface area contributed by atoms with Crippen LogP contribution in [0.15, 0.2) is 90.0 Å². The molecule has 5 nitrogen and oxygen atoms in total. The highest BCUT2D eigenvalue weighted by atomic mass is 32.2. The van der Waals surface area contributed by atoms with Crippen molar-refractivity contribution in [1.82, 2.24) is 4.57 Å². The molecule has 36 heavy (non-hydrogen) atoms. The fourth-order valence-electron chi connectivity index (χ4n) is 5.31. The summed E-state index contributed by atoms with van der Waals surface area (Å²) in [6.07, 6.45) is 3.02. The molecule has 6 rings (SSSR count). The number of rotatable bonds is 4. The number of nitrogens with zero attached hydrogens (tertiary/aromatic N) is 1. The van der Waals surface area contributed by atoms with Crippen LogP contribution < -0.4 is 5.32 Å². The molecule has 0 unspecified atom stereocenters. The first-order valence-corrected chi connectivity index (χ1v) is 13.6. The predicted molar refractivity (Wildman–Crippen MR) is 147 cm³/mol. The van der Waals surface area contributed by atoms with Crippen LogP contribution in [0.3, 0.4) is 0 Å². The van der Waals surface area contributed by atoms with E-state index in [0.29, 0.717) is 11.3 Å². The van der Waals surface area contributed by atoms with E-state index in [-0.39, 0.29) is 10.8 Å². The Bertz CT molecular complexity index is 1920. The first kappa shape index (κ1) is 22.3. The highest BCUT2D eigenvalue weighted by Gasteiger charge is 2.21. The fourth-order valence-corrected chi connectivity index (χ4v) is 5.94. The van der Waals surface area contributed by atoms with Gasteiger partial charge in [-0.15, -0.1) is 0 Å². The van der Waals surface area contributed by atoms with E-state index >= 15 is 0 Å². The number of aromatic nitrogens is 1. The molecule has 5 aromatic carbocycles. The predicted octanol–water partition coefficient (Wildman–Crippen LogP) is 6.55. The summed E-state index contributed by atoms with van der Waals surface area (Å²) < 4.78 is 25.5. The summed E-state index contributed by atoms with van der Waals surface area (Å²) in [5.41, 5.74) is 4.08. The lowest BCUT2D eigenvalue weighted by atomic mass is 9.89. The van der Waals surface area contributed by atoms with Crippen LogP contribution in [0.5, 0.6) is 0 Å². The number of aryl methyl sites for hydroxylation is 1. The van der Waals surface area contributed by atoms with Crippen molar-refractivity contribution in [3.63, 3.8) is 0 Å². The Kier molecular flexibility index (Phi) is 4.92. The third-order valence-corrected chi connectivity index (χ3v) is 8.11. The molecule has 0 spiro atoms. The van der Waals surface area contributed by atoms with Gasteiger partial charge in [0.25, 0.3) is 5.91 Å². The normalized spacial score (nSPS) is 12.1.